The van der Waals surface area contributed by atoms with E-state index in [2.05, 4.69) is 0 Å². The molecule has 1 atom stereocenters. The minimum absolute atomic E-state index is 0.171. The third-order valence-electron chi connectivity index (χ3n) is 1.58. The Morgan fingerprint density at radius 3 is 1.75 bits per heavy atom. The molecule has 1 unspecified atom stereocenters. The summed E-state index contributed by atoms with van der Waals surface area (Å²) < 4.78 is 0. The smallest absolute Gasteiger partial charge is 0.332 e. The molecule has 0 aliphatic heterocycles. The molecule has 4 N–H and O–H groups in total. The molecule has 0 fully saturated rings. The molecule has 16 heavy (non-hydrogen) atoms. The first-order valence-corrected chi connectivity index (χ1v) is 3.88. The summed E-state index contributed by atoms with van der Waals surface area (Å²) in [6.45, 7) is 0. The fourth-order valence-electron chi connectivity index (χ4n) is 0.949. The molecule has 8 nitrogen and oxygen atoms in total. The second-order valence-electron chi connectivity index (χ2n) is 2.73. The van der Waals surface area contributed by atoms with Gasteiger partial charge in [0.1, 0.15) is 0 Å². The molecule has 0 aromatic carbocycles. The van der Waals surface area contributed by atoms with Crippen LogP contribution in [0.3, 0.4) is 0 Å². The van der Waals surface area contributed by atoms with Crippen molar-refractivity contribution in [2.75, 3.05) is 0 Å². The van der Waals surface area contributed by atoms with Crippen LogP contribution in [0.4, 0.5) is 0 Å². The Hall–Kier alpha value is -2.38. The standard InChI is InChI=1S/C8H8O8/c9-5(10)1-3(7(13)14)4(8(15)16)2-6(11)12/h1,4H,2H2,(H,9,10)(H,11,12)(H,13,14)(H,15,16)/b3-1+. The van der Waals surface area contributed by atoms with Crippen molar-refractivity contribution in [2.24, 2.45) is 5.92 Å². The highest BCUT2D eigenvalue weighted by atomic mass is 16.4. The van der Waals surface area contributed by atoms with Crippen molar-refractivity contribution in [3.8, 4) is 0 Å². The van der Waals surface area contributed by atoms with E-state index < -0.39 is 41.8 Å². The first-order chi connectivity index (χ1) is 7.25. The summed E-state index contributed by atoms with van der Waals surface area (Å²) in [5.41, 5.74) is -0.984. The van der Waals surface area contributed by atoms with Gasteiger partial charge in [0.25, 0.3) is 0 Å². The van der Waals surface area contributed by atoms with Crippen molar-refractivity contribution in [1.29, 1.82) is 0 Å². The van der Waals surface area contributed by atoms with Gasteiger partial charge in [-0.25, -0.2) is 9.59 Å². The van der Waals surface area contributed by atoms with Gasteiger partial charge in [-0.15, -0.1) is 0 Å². The maximum Gasteiger partial charge on any atom is 0.332 e. The van der Waals surface area contributed by atoms with Crippen LogP contribution in [0.1, 0.15) is 6.42 Å². The van der Waals surface area contributed by atoms with E-state index in [1.54, 1.807) is 0 Å². The van der Waals surface area contributed by atoms with Crippen LogP contribution in [0, 0.1) is 5.92 Å². The van der Waals surface area contributed by atoms with E-state index in [1.165, 1.54) is 0 Å². The Kier molecular flexibility index (Phi) is 4.67. The normalized spacial score (nSPS) is 12.9. The van der Waals surface area contributed by atoms with Crippen LogP contribution < -0.4 is 0 Å². The molecular weight excluding hydrogens is 224 g/mol. The number of carbonyl (C=O) groups is 4. The second-order valence-corrected chi connectivity index (χ2v) is 2.73. The lowest BCUT2D eigenvalue weighted by Gasteiger charge is -2.09. The average Bonchev–Trinajstić information content (AvgIpc) is 2.09. The van der Waals surface area contributed by atoms with Crippen LogP contribution in [-0.2, 0) is 19.2 Å². The molecule has 0 radical (unpaired) electrons. The third kappa shape index (κ3) is 4.22. The predicted molar refractivity (Wildman–Crippen MR) is 46.7 cm³/mol. The Bertz CT molecular complexity index is 366. The molecule has 8 heteroatoms. The summed E-state index contributed by atoms with van der Waals surface area (Å²) in [4.78, 5) is 41.7. The molecule has 0 spiro atoms. The lowest BCUT2D eigenvalue weighted by atomic mass is 9.95. The zero-order valence-electron chi connectivity index (χ0n) is 7.78. The van der Waals surface area contributed by atoms with Crippen molar-refractivity contribution >= 4 is 23.9 Å². The van der Waals surface area contributed by atoms with E-state index in [0.717, 1.165) is 0 Å². The Labute approximate surface area is 88.4 Å². The zero-order valence-corrected chi connectivity index (χ0v) is 7.78. The Morgan fingerprint density at radius 1 is 1.00 bits per heavy atom. The van der Waals surface area contributed by atoms with Crippen LogP contribution in [0.2, 0.25) is 0 Å². The molecular formula is C8H8O8. The quantitative estimate of drug-likeness (QED) is 0.437. The van der Waals surface area contributed by atoms with E-state index >= 15 is 0 Å². The van der Waals surface area contributed by atoms with E-state index in [-0.39, 0.29) is 6.08 Å². The maximum absolute atomic E-state index is 10.6. The van der Waals surface area contributed by atoms with Crippen LogP contribution in [-0.4, -0.2) is 44.3 Å². The number of carboxylic acid groups (broad SMARTS) is 4. The molecule has 0 saturated heterocycles. The summed E-state index contributed by atoms with van der Waals surface area (Å²) in [6, 6.07) is 0. The summed E-state index contributed by atoms with van der Waals surface area (Å²) in [5.74, 6) is -8.58. The third-order valence-corrected chi connectivity index (χ3v) is 1.58. The second kappa shape index (κ2) is 5.49. The highest BCUT2D eigenvalue weighted by Gasteiger charge is 2.30. The lowest BCUT2D eigenvalue weighted by Crippen LogP contribution is -2.25. The number of hydrogen-bond donors (Lipinski definition) is 4. The number of carboxylic acids is 4. The van der Waals surface area contributed by atoms with Gasteiger partial charge in [0.2, 0.25) is 0 Å². The topological polar surface area (TPSA) is 149 Å². The van der Waals surface area contributed by atoms with Gasteiger partial charge < -0.3 is 20.4 Å². The van der Waals surface area contributed by atoms with Crippen molar-refractivity contribution in [1.82, 2.24) is 0 Å². The number of aliphatic carboxylic acids is 4. The molecule has 0 rings (SSSR count). The van der Waals surface area contributed by atoms with Crippen molar-refractivity contribution < 1.29 is 39.6 Å². The molecule has 0 aromatic rings. The first-order valence-electron chi connectivity index (χ1n) is 3.88. The minimum Gasteiger partial charge on any atom is -0.481 e. The Balaban J connectivity index is 5.27. The molecule has 88 valence electrons. The predicted octanol–water partition coefficient (Wildman–Crippen LogP) is -0.742. The molecule has 0 saturated carbocycles. The van der Waals surface area contributed by atoms with Crippen LogP contribution in [0.5, 0.6) is 0 Å². The SMILES string of the molecule is O=C(O)/C=C(/C(=O)O)C(CC(=O)O)C(=O)O. The zero-order chi connectivity index (χ0) is 12.9. The molecule has 0 amide bonds. The summed E-state index contributed by atoms with van der Waals surface area (Å²) in [6.07, 6.45) is -0.829. The summed E-state index contributed by atoms with van der Waals surface area (Å²) in [5, 5.41) is 33.8. The van der Waals surface area contributed by atoms with E-state index in [9.17, 15) is 19.2 Å². The average molecular weight is 232 g/mol. The molecule has 0 heterocycles. The maximum atomic E-state index is 10.6. The van der Waals surface area contributed by atoms with Gasteiger partial charge in [-0.3, -0.25) is 9.59 Å². The number of rotatable bonds is 6. The Morgan fingerprint density at radius 2 is 1.50 bits per heavy atom. The van der Waals surface area contributed by atoms with Crippen molar-refractivity contribution in [3.63, 3.8) is 0 Å². The van der Waals surface area contributed by atoms with Crippen LogP contribution in [0.25, 0.3) is 0 Å². The largest absolute Gasteiger partial charge is 0.481 e. The van der Waals surface area contributed by atoms with Crippen molar-refractivity contribution in [3.05, 3.63) is 11.6 Å². The van der Waals surface area contributed by atoms with Gasteiger partial charge in [0.15, 0.2) is 0 Å². The molecule has 0 aliphatic carbocycles. The van der Waals surface area contributed by atoms with E-state index in [1.807, 2.05) is 0 Å². The lowest BCUT2D eigenvalue weighted by molar-refractivity contribution is -0.148. The molecule has 0 bridgehead atoms. The van der Waals surface area contributed by atoms with Gasteiger partial charge in [0, 0.05) is 6.08 Å². The van der Waals surface area contributed by atoms with Gasteiger partial charge in [0.05, 0.1) is 17.9 Å². The fourth-order valence-corrected chi connectivity index (χ4v) is 0.949. The molecule has 0 aromatic heterocycles. The van der Waals surface area contributed by atoms with Gasteiger partial charge in [-0.1, -0.05) is 0 Å². The van der Waals surface area contributed by atoms with Gasteiger partial charge in [-0.05, 0) is 0 Å². The number of hydrogen-bond acceptors (Lipinski definition) is 4. The van der Waals surface area contributed by atoms with Crippen molar-refractivity contribution in [2.45, 2.75) is 6.42 Å². The van der Waals surface area contributed by atoms with Gasteiger partial charge >= 0.3 is 23.9 Å². The first kappa shape index (κ1) is 13.6. The molecule has 0 aliphatic rings. The summed E-state index contributed by atoms with van der Waals surface area (Å²) >= 11 is 0. The minimum atomic E-state index is -1.90. The van der Waals surface area contributed by atoms with Crippen LogP contribution >= 0.6 is 0 Å². The monoisotopic (exact) mass is 232 g/mol. The fraction of sp³-hybridized carbons (Fsp3) is 0.250. The van der Waals surface area contributed by atoms with E-state index in [0.29, 0.717) is 0 Å². The van der Waals surface area contributed by atoms with E-state index in [4.69, 9.17) is 20.4 Å². The summed E-state index contributed by atoms with van der Waals surface area (Å²) in [7, 11) is 0. The highest BCUT2D eigenvalue weighted by molar-refractivity contribution is 6.00. The van der Waals surface area contributed by atoms with Gasteiger partial charge in [-0.2, -0.15) is 0 Å². The van der Waals surface area contributed by atoms with Crippen LogP contribution in [0.15, 0.2) is 11.6 Å². The highest BCUT2D eigenvalue weighted by Crippen LogP contribution is 2.16.